The Hall–Kier alpha value is -2.16. The van der Waals surface area contributed by atoms with Crippen molar-refractivity contribution in [2.24, 2.45) is 5.92 Å². The van der Waals surface area contributed by atoms with Crippen molar-refractivity contribution in [3.8, 4) is 5.69 Å². The average molecular weight is 455 g/mol. The smallest absolute Gasteiger partial charge is 0.268 e. The van der Waals surface area contributed by atoms with Crippen molar-refractivity contribution in [2.75, 3.05) is 0 Å². The molecule has 6 nitrogen and oxygen atoms in total. The molecule has 0 spiro atoms. The van der Waals surface area contributed by atoms with Crippen LogP contribution in [-0.2, 0) is 17.8 Å². The van der Waals surface area contributed by atoms with Crippen LogP contribution in [0.4, 0.5) is 0 Å². The first-order chi connectivity index (χ1) is 14.8. The summed E-state index contributed by atoms with van der Waals surface area (Å²) in [6.45, 7) is 11.2. The molecule has 0 amide bonds. The van der Waals surface area contributed by atoms with Crippen molar-refractivity contribution >= 4 is 39.1 Å². The minimum Gasteiger partial charge on any atom is -0.372 e. The summed E-state index contributed by atoms with van der Waals surface area (Å²) in [5.41, 5.74) is 3.06. The molecule has 0 fully saturated rings. The van der Waals surface area contributed by atoms with Crippen LogP contribution in [0.5, 0.6) is 0 Å². The average Bonchev–Trinajstić information content (AvgIpc) is 3.30. The SMILES string of the molecule is Cc1ccc(-n2c(=O)c3c4c(sc3n3c(SC(C)C)nnc23)COC(C(C)C)C4)cc1. The summed E-state index contributed by atoms with van der Waals surface area (Å²) in [4.78, 5) is 16.0. The molecule has 0 radical (unpaired) electrons. The maximum Gasteiger partial charge on any atom is 0.268 e. The van der Waals surface area contributed by atoms with Crippen molar-refractivity contribution in [1.29, 1.82) is 0 Å². The molecular weight excluding hydrogens is 428 g/mol. The highest BCUT2D eigenvalue weighted by Crippen LogP contribution is 2.38. The third-order valence-electron chi connectivity index (χ3n) is 5.72. The van der Waals surface area contributed by atoms with Gasteiger partial charge in [0.2, 0.25) is 5.78 Å². The molecule has 1 atom stereocenters. The Kier molecular flexibility index (Phi) is 5.19. The molecule has 0 N–H and O–H groups in total. The fourth-order valence-corrected chi connectivity index (χ4v) is 6.17. The Labute approximate surface area is 189 Å². The zero-order chi connectivity index (χ0) is 21.9. The Balaban J connectivity index is 1.87. The third kappa shape index (κ3) is 3.41. The van der Waals surface area contributed by atoms with Crippen LogP contribution < -0.4 is 5.56 Å². The van der Waals surface area contributed by atoms with Crippen LogP contribution in [0, 0.1) is 12.8 Å². The topological polar surface area (TPSA) is 61.4 Å². The van der Waals surface area contributed by atoms with Crippen LogP contribution in [0.25, 0.3) is 21.7 Å². The number of fused-ring (bicyclic) bond motifs is 5. The van der Waals surface area contributed by atoms with E-state index < -0.39 is 0 Å². The predicted octanol–water partition coefficient (Wildman–Crippen LogP) is 5.00. The van der Waals surface area contributed by atoms with Crippen LogP contribution >= 0.6 is 23.1 Å². The first-order valence-electron chi connectivity index (χ1n) is 10.6. The standard InChI is InChI=1S/C23H26N4O2S2/c1-12(2)17-10-16-18(11-29-17)31-21-19(16)20(28)26(15-8-6-14(5)7-9-15)22-24-25-23(27(21)22)30-13(3)4/h6-9,12-13,17H,10-11H2,1-5H3. The number of nitrogens with zero attached hydrogens (tertiary/aromatic N) is 4. The number of benzene rings is 1. The van der Waals surface area contributed by atoms with Gasteiger partial charge in [0.05, 0.1) is 23.8 Å². The maximum absolute atomic E-state index is 13.9. The van der Waals surface area contributed by atoms with E-state index in [1.807, 2.05) is 31.2 Å². The van der Waals surface area contributed by atoms with E-state index in [9.17, 15) is 4.79 Å². The quantitative estimate of drug-likeness (QED) is 0.406. The number of ether oxygens (including phenoxy) is 1. The first-order valence-corrected chi connectivity index (χ1v) is 12.3. The largest absolute Gasteiger partial charge is 0.372 e. The molecule has 1 unspecified atom stereocenters. The van der Waals surface area contributed by atoms with Gasteiger partial charge in [0.1, 0.15) is 4.83 Å². The van der Waals surface area contributed by atoms with E-state index in [-0.39, 0.29) is 11.7 Å². The van der Waals surface area contributed by atoms with Gasteiger partial charge in [-0.3, -0.25) is 4.79 Å². The summed E-state index contributed by atoms with van der Waals surface area (Å²) in [6.07, 6.45) is 0.884. The van der Waals surface area contributed by atoms with E-state index in [1.165, 1.54) is 0 Å². The second-order valence-electron chi connectivity index (χ2n) is 8.74. The second-order valence-corrected chi connectivity index (χ2v) is 11.4. The molecule has 5 rings (SSSR count). The lowest BCUT2D eigenvalue weighted by atomic mass is 9.96. The summed E-state index contributed by atoms with van der Waals surface area (Å²) < 4.78 is 9.89. The predicted molar refractivity (Wildman–Crippen MR) is 127 cm³/mol. The summed E-state index contributed by atoms with van der Waals surface area (Å²) in [7, 11) is 0. The van der Waals surface area contributed by atoms with Crippen molar-refractivity contribution in [3.63, 3.8) is 0 Å². The van der Waals surface area contributed by atoms with Gasteiger partial charge in [-0.15, -0.1) is 21.5 Å². The lowest BCUT2D eigenvalue weighted by molar-refractivity contribution is 0.00200. The molecule has 8 heteroatoms. The Bertz CT molecular complexity index is 1330. The molecule has 0 saturated carbocycles. The van der Waals surface area contributed by atoms with Gasteiger partial charge in [0.25, 0.3) is 5.56 Å². The van der Waals surface area contributed by atoms with Crippen LogP contribution in [0.3, 0.4) is 0 Å². The van der Waals surface area contributed by atoms with Crippen LogP contribution in [0.1, 0.15) is 43.7 Å². The van der Waals surface area contributed by atoms with Crippen LogP contribution in [-0.4, -0.2) is 30.5 Å². The Morgan fingerprint density at radius 2 is 1.90 bits per heavy atom. The summed E-state index contributed by atoms with van der Waals surface area (Å²) in [5.74, 6) is 0.956. The summed E-state index contributed by atoms with van der Waals surface area (Å²) in [5, 5.41) is 10.9. The number of rotatable bonds is 4. The van der Waals surface area contributed by atoms with E-state index in [4.69, 9.17) is 4.74 Å². The minimum absolute atomic E-state index is 0.0262. The molecule has 4 aromatic rings. The van der Waals surface area contributed by atoms with Gasteiger partial charge < -0.3 is 4.74 Å². The molecule has 0 bridgehead atoms. The molecular formula is C23H26N4O2S2. The van der Waals surface area contributed by atoms with Gasteiger partial charge >= 0.3 is 0 Å². The van der Waals surface area contributed by atoms with E-state index in [1.54, 1.807) is 27.7 Å². The molecule has 3 aromatic heterocycles. The lowest BCUT2D eigenvalue weighted by Crippen LogP contribution is -2.28. The fraction of sp³-hybridized carbons (Fsp3) is 0.435. The van der Waals surface area contributed by atoms with Crippen molar-refractivity contribution in [1.82, 2.24) is 19.2 Å². The highest BCUT2D eigenvalue weighted by Gasteiger charge is 2.30. The summed E-state index contributed by atoms with van der Waals surface area (Å²) in [6, 6.07) is 8.00. The van der Waals surface area contributed by atoms with E-state index >= 15 is 0 Å². The monoisotopic (exact) mass is 454 g/mol. The van der Waals surface area contributed by atoms with Gasteiger partial charge in [-0.1, -0.05) is 57.2 Å². The van der Waals surface area contributed by atoms with Crippen molar-refractivity contribution in [3.05, 3.63) is 50.6 Å². The fourth-order valence-electron chi connectivity index (χ4n) is 4.08. The third-order valence-corrected chi connectivity index (χ3v) is 7.86. The van der Waals surface area contributed by atoms with Gasteiger partial charge in [-0.05, 0) is 30.5 Å². The van der Waals surface area contributed by atoms with E-state index in [2.05, 4.69) is 42.3 Å². The van der Waals surface area contributed by atoms with Gasteiger partial charge in [0, 0.05) is 16.5 Å². The summed E-state index contributed by atoms with van der Waals surface area (Å²) >= 11 is 3.30. The van der Waals surface area contributed by atoms with Crippen molar-refractivity contribution in [2.45, 2.75) is 64.2 Å². The zero-order valence-corrected chi connectivity index (χ0v) is 20.0. The number of hydrogen-bond donors (Lipinski definition) is 0. The molecule has 31 heavy (non-hydrogen) atoms. The van der Waals surface area contributed by atoms with Gasteiger partial charge in [0.15, 0.2) is 5.16 Å². The lowest BCUT2D eigenvalue weighted by Gasteiger charge is -2.26. The van der Waals surface area contributed by atoms with Gasteiger partial charge in [-0.25, -0.2) is 8.97 Å². The van der Waals surface area contributed by atoms with E-state index in [0.717, 1.165) is 43.5 Å². The first kappa shape index (κ1) is 20.7. The maximum atomic E-state index is 13.9. The number of thiophene rings is 1. The minimum atomic E-state index is -0.0262. The highest BCUT2D eigenvalue weighted by molar-refractivity contribution is 7.99. The molecule has 4 heterocycles. The van der Waals surface area contributed by atoms with Crippen LogP contribution in [0.2, 0.25) is 0 Å². The second kappa shape index (κ2) is 7.76. The Morgan fingerprint density at radius 1 is 1.16 bits per heavy atom. The number of hydrogen-bond acceptors (Lipinski definition) is 6. The Morgan fingerprint density at radius 3 is 2.58 bits per heavy atom. The number of thioether (sulfide) groups is 1. The molecule has 162 valence electrons. The number of aromatic nitrogens is 4. The van der Waals surface area contributed by atoms with Gasteiger partial charge in [-0.2, -0.15) is 0 Å². The molecule has 1 aliphatic heterocycles. The molecule has 1 aromatic carbocycles. The normalized spacial score (nSPS) is 16.7. The van der Waals surface area contributed by atoms with Crippen molar-refractivity contribution < 1.29 is 4.74 Å². The molecule has 0 saturated heterocycles. The molecule has 0 aliphatic carbocycles. The number of aryl methyl sites for hydroxylation is 1. The van der Waals surface area contributed by atoms with Crippen LogP contribution in [0.15, 0.2) is 34.2 Å². The molecule has 1 aliphatic rings. The van der Waals surface area contributed by atoms with E-state index in [0.29, 0.717) is 23.6 Å². The zero-order valence-electron chi connectivity index (χ0n) is 18.4. The highest BCUT2D eigenvalue weighted by atomic mass is 32.2.